The summed E-state index contributed by atoms with van der Waals surface area (Å²) in [5.41, 5.74) is 4.56. The summed E-state index contributed by atoms with van der Waals surface area (Å²) in [5.74, 6) is 1.03. The molecule has 28 heavy (non-hydrogen) atoms. The number of halogens is 1. The fraction of sp³-hybridized carbons (Fsp3) is 0.455. The number of aromatic amines is 1. The Labute approximate surface area is 173 Å². The highest BCUT2D eigenvalue weighted by molar-refractivity contribution is 9.10. The minimum absolute atomic E-state index is 0.153. The highest BCUT2D eigenvalue weighted by Crippen LogP contribution is 2.56. The number of hydrogen-bond donors (Lipinski definition) is 2. The number of benzene rings is 1. The van der Waals surface area contributed by atoms with E-state index in [1.165, 1.54) is 0 Å². The number of ether oxygens (including phenoxy) is 1. The van der Waals surface area contributed by atoms with Crippen molar-refractivity contribution in [2.24, 2.45) is 0 Å². The van der Waals surface area contributed by atoms with Gasteiger partial charge in [0.15, 0.2) is 0 Å². The van der Waals surface area contributed by atoms with E-state index in [0.29, 0.717) is 17.0 Å². The van der Waals surface area contributed by atoms with E-state index in [0.717, 1.165) is 51.9 Å². The van der Waals surface area contributed by atoms with Crippen LogP contribution in [0.5, 0.6) is 5.75 Å². The number of H-pyrrole nitrogens is 1. The van der Waals surface area contributed by atoms with E-state index in [1.807, 2.05) is 32.9 Å². The molecule has 2 atom stereocenters. The van der Waals surface area contributed by atoms with Crippen LogP contribution in [0.2, 0.25) is 0 Å². The fourth-order valence-corrected chi connectivity index (χ4v) is 5.21. The Bertz CT molecular complexity index is 1040. The zero-order chi connectivity index (χ0) is 20.2. The van der Waals surface area contributed by atoms with E-state index in [1.54, 1.807) is 0 Å². The molecule has 0 bridgehead atoms. The molecule has 2 aromatic rings. The number of aryl methyl sites for hydroxylation is 2. The van der Waals surface area contributed by atoms with Gasteiger partial charge in [-0.2, -0.15) is 0 Å². The first kappa shape index (κ1) is 19.2. The number of hydrogen-bond acceptors (Lipinski definition) is 3. The monoisotopic (exact) mass is 444 g/mol. The number of nitrogens with one attached hydrogen (secondary N) is 2. The predicted octanol–water partition coefficient (Wildman–Crippen LogP) is 4.41. The van der Waals surface area contributed by atoms with Gasteiger partial charge >= 0.3 is 0 Å². The van der Waals surface area contributed by atoms with Crippen LogP contribution in [0.25, 0.3) is 0 Å². The molecular formula is C22H25BrN2O3. The summed E-state index contributed by atoms with van der Waals surface area (Å²) in [6.45, 7) is 8.02. The molecule has 1 amide bonds. The number of carbonyl (C=O) groups is 1. The number of aromatic nitrogens is 1. The Morgan fingerprint density at radius 3 is 2.82 bits per heavy atom. The van der Waals surface area contributed by atoms with Gasteiger partial charge in [-0.25, -0.2) is 0 Å². The van der Waals surface area contributed by atoms with Crippen molar-refractivity contribution in [2.75, 3.05) is 0 Å². The molecule has 0 spiro atoms. The van der Waals surface area contributed by atoms with Crippen molar-refractivity contribution >= 4 is 21.8 Å². The number of carbonyl (C=O) groups excluding carboxylic acids is 1. The topological polar surface area (TPSA) is 71.2 Å². The van der Waals surface area contributed by atoms with Crippen LogP contribution in [0.4, 0.5) is 0 Å². The SMILES string of the molecule is Cc1cc(C)c(CNC(=O)c2cc3c(c(Br)c2C)O[C@@]2(C)CCC[C@@H]32)c(=O)[nH]1. The first-order chi connectivity index (χ1) is 13.2. The van der Waals surface area contributed by atoms with Crippen LogP contribution >= 0.6 is 15.9 Å². The van der Waals surface area contributed by atoms with E-state index in [2.05, 4.69) is 33.2 Å². The molecule has 1 aliphatic heterocycles. The van der Waals surface area contributed by atoms with E-state index in [4.69, 9.17) is 4.74 Å². The zero-order valence-corrected chi connectivity index (χ0v) is 18.2. The molecule has 2 heterocycles. The van der Waals surface area contributed by atoms with Gasteiger partial charge in [-0.15, -0.1) is 0 Å². The van der Waals surface area contributed by atoms with Crippen molar-refractivity contribution in [2.45, 2.75) is 65.0 Å². The lowest BCUT2D eigenvalue weighted by Gasteiger charge is -2.23. The third-order valence-corrected chi connectivity index (χ3v) is 7.23. The van der Waals surface area contributed by atoms with Gasteiger partial charge in [0.05, 0.1) is 4.47 Å². The first-order valence-corrected chi connectivity index (χ1v) is 10.5. The highest BCUT2D eigenvalue weighted by Gasteiger charge is 2.49. The average molecular weight is 445 g/mol. The Morgan fingerprint density at radius 2 is 2.11 bits per heavy atom. The number of fused-ring (bicyclic) bond motifs is 3. The maximum absolute atomic E-state index is 13.0. The lowest BCUT2D eigenvalue weighted by atomic mass is 9.87. The van der Waals surface area contributed by atoms with Crippen molar-refractivity contribution in [1.29, 1.82) is 0 Å². The second-order valence-corrected chi connectivity index (χ2v) is 9.06. The Balaban J connectivity index is 1.63. The zero-order valence-electron chi connectivity index (χ0n) is 16.7. The van der Waals surface area contributed by atoms with Gasteiger partial charge in [0.2, 0.25) is 0 Å². The van der Waals surface area contributed by atoms with E-state index >= 15 is 0 Å². The van der Waals surface area contributed by atoms with Gasteiger partial charge in [-0.3, -0.25) is 9.59 Å². The Kier molecular flexibility index (Phi) is 4.65. The fourth-order valence-electron chi connectivity index (χ4n) is 4.68. The summed E-state index contributed by atoms with van der Waals surface area (Å²) in [6, 6.07) is 3.90. The van der Waals surface area contributed by atoms with Crippen molar-refractivity contribution in [3.8, 4) is 5.75 Å². The van der Waals surface area contributed by atoms with Gasteiger partial charge in [0.25, 0.3) is 11.5 Å². The van der Waals surface area contributed by atoms with E-state index < -0.39 is 0 Å². The third kappa shape index (κ3) is 2.98. The maximum atomic E-state index is 13.0. The van der Waals surface area contributed by atoms with Crippen LogP contribution in [0.15, 0.2) is 21.4 Å². The summed E-state index contributed by atoms with van der Waals surface area (Å²) < 4.78 is 7.17. The molecule has 6 heteroatoms. The lowest BCUT2D eigenvalue weighted by Crippen LogP contribution is -2.29. The number of rotatable bonds is 3. The molecule has 4 rings (SSSR count). The summed E-state index contributed by atoms with van der Waals surface area (Å²) in [5, 5.41) is 2.92. The van der Waals surface area contributed by atoms with Gasteiger partial charge in [0, 0.05) is 34.8 Å². The second kappa shape index (κ2) is 6.76. The van der Waals surface area contributed by atoms with Crippen LogP contribution in [0, 0.1) is 20.8 Å². The van der Waals surface area contributed by atoms with Gasteiger partial charge in [-0.1, -0.05) is 0 Å². The quantitative estimate of drug-likeness (QED) is 0.735. The largest absolute Gasteiger partial charge is 0.485 e. The summed E-state index contributed by atoms with van der Waals surface area (Å²) in [6.07, 6.45) is 3.26. The normalized spacial score (nSPS) is 22.5. The average Bonchev–Trinajstić information content (AvgIpc) is 3.11. The number of pyridine rings is 1. The smallest absolute Gasteiger partial charge is 0.253 e. The van der Waals surface area contributed by atoms with Crippen LogP contribution in [0.3, 0.4) is 0 Å². The molecule has 0 saturated heterocycles. The Morgan fingerprint density at radius 1 is 1.36 bits per heavy atom. The summed E-state index contributed by atoms with van der Waals surface area (Å²) in [4.78, 5) is 28.0. The molecule has 1 aromatic heterocycles. The molecule has 148 valence electrons. The molecule has 2 N–H and O–H groups in total. The second-order valence-electron chi connectivity index (χ2n) is 8.27. The minimum atomic E-state index is -0.174. The molecule has 0 unspecified atom stereocenters. The van der Waals surface area contributed by atoms with Gasteiger partial charge in [0.1, 0.15) is 11.4 Å². The third-order valence-electron chi connectivity index (χ3n) is 6.27. The molecule has 0 radical (unpaired) electrons. The van der Waals surface area contributed by atoms with Gasteiger partial charge < -0.3 is 15.0 Å². The van der Waals surface area contributed by atoms with Crippen molar-refractivity contribution in [3.63, 3.8) is 0 Å². The van der Waals surface area contributed by atoms with E-state index in [-0.39, 0.29) is 23.6 Å². The van der Waals surface area contributed by atoms with Crippen LogP contribution < -0.4 is 15.6 Å². The standard InChI is InChI=1S/C22H25BrN2O3/c1-11-8-12(2)25-21(27)16(11)10-24-20(26)14-9-15-17-6-5-7-22(17,4)28-19(15)18(23)13(14)3/h8-9,17H,5-7,10H2,1-4H3,(H,24,26)(H,25,27)/t17-,22-/m0/s1. The maximum Gasteiger partial charge on any atom is 0.253 e. The molecule has 1 aliphatic carbocycles. The molecule has 1 fully saturated rings. The number of amides is 1. The van der Waals surface area contributed by atoms with Crippen molar-refractivity contribution in [1.82, 2.24) is 10.3 Å². The Hall–Kier alpha value is -2.08. The summed E-state index contributed by atoms with van der Waals surface area (Å²) in [7, 11) is 0. The van der Waals surface area contributed by atoms with E-state index in [9.17, 15) is 9.59 Å². The van der Waals surface area contributed by atoms with Crippen LogP contribution in [0.1, 0.15) is 70.4 Å². The van der Waals surface area contributed by atoms with Crippen LogP contribution in [-0.2, 0) is 6.54 Å². The van der Waals surface area contributed by atoms with Gasteiger partial charge in [-0.05, 0) is 86.1 Å². The van der Waals surface area contributed by atoms with Crippen molar-refractivity contribution in [3.05, 3.63) is 60.5 Å². The minimum Gasteiger partial charge on any atom is -0.485 e. The summed E-state index contributed by atoms with van der Waals surface area (Å²) >= 11 is 3.65. The molecule has 5 nitrogen and oxygen atoms in total. The molecule has 2 aliphatic rings. The lowest BCUT2D eigenvalue weighted by molar-refractivity contribution is 0.0950. The van der Waals surface area contributed by atoms with Crippen molar-refractivity contribution < 1.29 is 9.53 Å². The highest BCUT2D eigenvalue weighted by atomic mass is 79.9. The first-order valence-electron chi connectivity index (χ1n) is 9.71. The molecule has 1 aromatic carbocycles. The molecular weight excluding hydrogens is 420 g/mol. The molecule has 1 saturated carbocycles. The van der Waals surface area contributed by atoms with Crippen LogP contribution in [-0.4, -0.2) is 16.5 Å². The predicted molar refractivity (Wildman–Crippen MR) is 112 cm³/mol.